The molecule has 0 spiro atoms. The smallest absolute Gasteiger partial charge is 0.226 e. The van der Waals surface area contributed by atoms with Gasteiger partial charge in [-0.15, -0.1) is 11.3 Å². The molecular weight excluding hydrogens is 336 g/mol. The normalized spacial score (nSPS) is 10.5. The van der Waals surface area contributed by atoms with Crippen molar-refractivity contribution >= 4 is 35.3 Å². The number of nitrogens with zero attached hydrogens (tertiary/aromatic N) is 1. The standard InChI is InChI=1S/C15H16N2O4S2/c1-2-3-16-14(21)5-10-8-22-15(17-10)23-13-6-11(19)9(7-18)4-12(13)20/h4,6-8,19-20H,2-3,5H2,1H3,(H,16,21). The number of hydrogen-bond acceptors (Lipinski definition) is 7. The van der Waals surface area contributed by atoms with Crippen molar-refractivity contribution in [3.63, 3.8) is 0 Å². The van der Waals surface area contributed by atoms with Crippen LogP contribution in [-0.4, -0.2) is 33.9 Å². The molecule has 1 aromatic heterocycles. The second-order valence-electron chi connectivity index (χ2n) is 4.73. The van der Waals surface area contributed by atoms with E-state index in [-0.39, 0.29) is 29.4 Å². The maximum absolute atomic E-state index is 11.6. The second kappa shape index (κ2) is 7.98. The molecule has 0 saturated carbocycles. The largest absolute Gasteiger partial charge is 0.507 e. The first-order valence-corrected chi connectivity index (χ1v) is 8.63. The van der Waals surface area contributed by atoms with Crippen molar-refractivity contribution in [2.45, 2.75) is 29.0 Å². The lowest BCUT2D eigenvalue weighted by Gasteiger charge is -2.04. The zero-order chi connectivity index (χ0) is 16.8. The molecule has 2 aromatic rings. The second-order valence-corrected chi connectivity index (χ2v) is 6.88. The van der Waals surface area contributed by atoms with Crippen LogP contribution in [0.4, 0.5) is 0 Å². The van der Waals surface area contributed by atoms with Gasteiger partial charge in [0.2, 0.25) is 5.91 Å². The summed E-state index contributed by atoms with van der Waals surface area (Å²) >= 11 is 2.51. The summed E-state index contributed by atoms with van der Waals surface area (Å²) in [5, 5.41) is 24.1. The van der Waals surface area contributed by atoms with Crippen molar-refractivity contribution in [3.8, 4) is 11.5 Å². The van der Waals surface area contributed by atoms with Gasteiger partial charge in [-0.2, -0.15) is 0 Å². The van der Waals surface area contributed by atoms with Gasteiger partial charge in [-0.1, -0.05) is 18.7 Å². The van der Waals surface area contributed by atoms with Crippen LogP contribution in [0.2, 0.25) is 0 Å². The number of nitrogens with one attached hydrogen (secondary N) is 1. The minimum atomic E-state index is -0.198. The summed E-state index contributed by atoms with van der Waals surface area (Å²) in [6.07, 6.45) is 1.56. The van der Waals surface area contributed by atoms with E-state index in [9.17, 15) is 19.8 Å². The fourth-order valence-corrected chi connectivity index (χ4v) is 3.59. The molecule has 0 aliphatic heterocycles. The SMILES string of the molecule is CCCNC(=O)Cc1csc(Sc2cc(O)c(C=O)cc2O)n1. The Kier molecular flexibility index (Phi) is 6.00. The third-order valence-corrected chi connectivity index (χ3v) is 4.91. The van der Waals surface area contributed by atoms with Gasteiger partial charge in [0.15, 0.2) is 10.6 Å². The quantitative estimate of drug-likeness (QED) is 0.523. The van der Waals surface area contributed by atoms with Gasteiger partial charge in [-0.25, -0.2) is 4.98 Å². The molecule has 1 heterocycles. The molecule has 0 unspecified atom stereocenters. The monoisotopic (exact) mass is 352 g/mol. The van der Waals surface area contributed by atoms with Gasteiger partial charge in [0.1, 0.15) is 11.5 Å². The number of carbonyl (C=O) groups is 2. The lowest BCUT2D eigenvalue weighted by molar-refractivity contribution is -0.120. The Balaban J connectivity index is 2.06. The molecule has 0 atom stereocenters. The summed E-state index contributed by atoms with van der Waals surface area (Å²) in [4.78, 5) is 27.1. The average molecular weight is 352 g/mol. The topological polar surface area (TPSA) is 99.5 Å². The Labute approximate surface area is 141 Å². The predicted molar refractivity (Wildman–Crippen MR) is 88.4 cm³/mol. The van der Waals surface area contributed by atoms with E-state index in [0.29, 0.717) is 27.8 Å². The van der Waals surface area contributed by atoms with Gasteiger partial charge in [-0.3, -0.25) is 9.59 Å². The van der Waals surface area contributed by atoms with Gasteiger partial charge in [0.05, 0.1) is 22.6 Å². The molecular formula is C15H16N2O4S2. The van der Waals surface area contributed by atoms with E-state index in [1.807, 2.05) is 6.92 Å². The zero-order valence-corrected chi connectivity index (χ0v) is 14.0. The predicted octanol–water partition coefficient (Wildman–Crippen LogP) is 2.59. The highest BCUT2D eigenvalue weighted by atomic mass is 32.2. The molecule has 122 valence electrons. The minimum Gasteiger partial charge on any atom is -0.507 e. The molecule has 0 aliphatic carbocycles. The number of phenols is 2. The van der Waals surface area contributed by atoms with E-state index in [1.54, 1.807) is 5.38 Å². The highest BCUT2D eigenvalue weighted by Gasteiger charge is 2.13. The first-order valence-electron chi connectivity index (χ1n) is 6.93. The van der Waals surface area contributed by atoms with Gasteiger partial charge < -0.3 is 15.5 Å². The number of aldehydes is 1. The van der Waals surface area contributed by atoms with Crippen LogP contribution in [0.1, 0.15) is 29.4 Å². The van der Waals surface area contributed by atoms with Gasteiger partial charge >= 0.3 is 0 Å². The average Bonchev–Trinajstić information content (AvgIpc) is 2.95. The van der Waals surface area contributed by atoms with Gasteiger partial charge in [-0.05, 0) is 18.6 Å². The van der Waals surface area contributed by atoms with Crippen molar-refractivity contribution in [1.29, 1.82) is 0 Å². The van der Waals surface area contributed by atoms with Crippen LogP contribution in [0.25, 0.3) is 0 Å². The molecule has 0 saturated heterocycles. The van der Waals surface area contributed by atoms with Gasteiger partial charge in [0.25, 0.3) is 0 Å². The van der Waals surface area contributed by atoms with Crippen LogP contribution in [0.5, 0.6) is 11.5 Å². The van der Waals surface area contributed by atoms with E-state index in [1.165, 1.54) is 23.5 Å². The molecule has 6 nitrogen and oxygen atoms in total. The van der Waals surface area contributed by atoms with Crippen LogP contribution in [0, 0.1) is 0 Å². The van der Waals surface area contributed by atoms with E-state index < -0.39 is 0 Å². The highest BCUT2D eigenvalue weighted by molar-refractivity contribution is 8.01. The Hall–Kier alpha value is -2.06. The third kappa shape index (κ3) is 4.70. The van der Waals surface area contributed by atoms with Crippen molar-refractivity contribution in [1.82, 2.24) is 10.3 Å². The first kappa shape index (κ1) is 17.3. The molecule has 2 rings (SSSR count). The molecule has 8 heteroatoms. The Morgan fingerprint density at radius 3 is 2.87 bits per heavy atom. The summed E-state index contributed by atoms with van der Waals surface area (Å²) in [7, 11) is 0. The number of amides is 1. The lowest BCUT2D eigenvalue weighted by atomic mass is 10.2. The number of phenolic OH excluding ortho intramolecular Hbond substituents is 2. The summed E-state index contributed by atoms with van der Waals surface area (Å²) in [6, 6.07) is 2.52. The Morgan fingerprint density at radius 1 is 1.39 bits per heavy atom. The van der Waals surface area contributed by atoms with E-state index in [4.69, 9.17) is 0 Å². The van der Waals surface area contributed by atoms with E-state index in [0.717, 1.165) is 18.2 Å². The molecule has 0 bridgehead atoms. The van der Waals surface area contributed by atoms with E-state index >= 15 is 0 Å². The van der Waals surface area contributed by atoms with Crippen LogP contribution < -0.4 is 5.32 Å². The number of hydrogen-bond donors (Lipinski definition) is 3. The number of benzene rings is 1. The van der Waals surface area contributed by atoms with E-state index in [2.05, 4.69) is 10.3 Å². The third-order valence-electron chi connectivity index (χ3n) is 2.88. The summed E-state index contributed by atoms with van der Waals surface area (Å²) in [6.45, 7) is 2.62. The highest BCUT2D eigenvalue weighted by Crippen LogP contribution is 2.39. The number of aromatic hydroxyl groups is 2. The number of aromatic nitrogens is 1. The fraction of sp³-hybridized carbons (Fsp3) is 0.267. The fourth-order valence-electron chi connectivity index (χ4n) is 1.75. The van der Waals surface area contributed by atoms with Crippen molar-refractivity contribution < 1.29 is 19.8 Å². The number of rotatable bonds is 7. The molecule has 3 N–H and O–H groups in total. The minimum absolute atomic E-state index is 0.0271. The number of thiazole rings is 1. The maximum atomic E-state index is 11.6. The van der Waals surface area contributed by atoms with Crippen molar-refractivity contribution in [3.05, 3.63) is 28.8 Å². The van der Waals surface area contributed by atoms with Crippen LogP contribution in [-0.2, 0) is 11.2 Å². The molecule has 23 heavy (non-hydrogen) atoms. The number of carbonyl (C=O) groups excluding carboxylic acids is 2. The van der Waals surface area contributed by atoms with Crippen LogP contribution >= 0.6 is 23.1 Å². The molecule has 0 radical (unpaired) electrons. The first-order chi connectivity index (χ1) is 11.0. The molecule has 1 aromatic carbocycles. The van der Waals surface area contributed by atoms with Gasteiger partial charge in [0, 0.05) is 11.9 Å². The summed E-state index contributed by atoms with van der Waals surface area (Å²) in [5.74, 6) is -0.382. The van der Waals surface area contributed by atoms with Crippen LogP contribution in [0.15, 0.2) is 26.7 Å². The molecule has 0 fully saturated rings. The van der Waals surface area contributed by atoms with Crippen molar-refractivity contribution in [2.24, 2.45) is 0 Å². The van der Waals surface area contributed by atoms with Crippen LogP contribution in [0.3, 0.4) is 0 Å². The lowest BCUT2D eigenvalue weighted by Crippen LogP contribution is -2.25. The summed E-state index contributed by atoms with van der Waals surface area (Å²) in [5.41, 5.74) is 0.679. The molecule has 0 aliphatic rings. The van der Waals surface area contributed by atoms with Crippen molar-refractivity contribution in [2.75, 3.05) is 6.54 Å². The Morgan fingerprint density at radius 2 is 2.17 bits per heavy atom. The zero-order valence-electron chi connectivity index (χ0n) is 12.4. The Bertz CT molecular complexity index is 715. The summed E-state index contributed by atoms with van der Waals surface area (Å²) < 4.78 is 0.636. The maximum Gasteiger partial charge on any atom is 0.226 e. The molecule has 1 amide bonds.